The second-order valence-electron chi connectivity index (χ2n) is 3.44. The van der Waals surface area contributed by atoms with Gasteiger partial charge in [0, 0.05) is 12.3 Å². The Balaban J connectivity index is 2.63. The predicted octanol–water partition coefficient (Wildman–Crippen LogP) is 1.30. The van der Waals surface area contributed by atoms with Gasteiger partial charge in [0.05, 0.1) is 12.7 Å². The van der Waals surface area contributed by atoms with Gasteiger partial charge in [-0.3, -0.25) is 0 Å². The molecule has 0 saturated carbocycles. The normalized spacial score (nSPS) is 15.7. The Labute approximate surface area is 78.0 Å². The van der Waals surface area contributed by atoms with Crippen LogP contribution in [0.4, 0.5) is 0 Å². The van der Waals surface area contributed by atoms with Crippen LogP contribution >= 0.6 is 0 Å². The van der Waals surface area contributed by atoms with E-state index >= 15 is 0 Å². The Kier molecular flexibility index (Phi) is 3.51. The number of aliphatic hydroxyl groups excluding tert-OH is 2. The standard InChI is InChI=1S/C10H16O3/c1-7(6-11)10-4-3-9(13-10)5-8(2)12/h3-4,7-8,11-12H,5-6H2,1-2H3. The number of hydrogen-bond donors (Lipinski definition) is 2. The van der Waals surface area contributed by atoms with Gasteiger partial charge in [-0.2, -0.15) is 0 Å². The van der Waals surface area contributed by atoms with Crippen molar-refractivity contribution in [1.82, 2.24) is 0 Å². The molecule has 0 bridgehead atoms. The molecule has 0 aromatic carbocycles. The van der Waals surface area contributed by atoms with Gasteiger partial charge in [-0.15, -0.1) is 0 Å². The lowest BCUT2D eigenvalue weighted by molar-refractivity contribution is 0.185. The quantitative estimate of drug-likeness (QED) is 0.741. The Bertz CT molecular complexity index is 252. The highest BCUT2D eigenvalue weighted by Gasteiger charge is 2.10. The average molecular weight is 184 g/mol. The first-order chi connectivity index (χ1) is 6.13. The summed E-state index contributed by atoms with van der Waals surface area (Å²) in [5.41, 5.74) is 0. The van der Waals surface area contributed by atoms with Crippen LogP contribution in [-0.4, -0.2) is 22.9 Å². The zero-order valence-corrected chi connectivity index (χ0v) is 8.03. The smallest absolute Gasteiger partial charge is 0.109 e. The van der Waals surface area contributed by atoms with Crippen molar-refractivity contribution in [3.8, 4) is 0 Å². The lowest BCUT2D eigenvalue weighted by Crippen LogP contribution is -2.03. The first-order valence-corrected chi connectivity index (χ1v) is 4.51. The summed E-state index contributed by atoms with van der Waals surface area (Å²) in [7, 11) is 0. The molecule has 1 heterocycles. The lowest BCUT2D eigenvalue weighted by Gasteiger charge is -2.03. The molecule has 0 spiro atoms. The SMILES string of the molecule is CC(O)Cc1ccc(C(C)CO)o1. The Morgan fingerprint density at radius 1 is 1.38 bits per heavy atom. The summed E-state index contributed by atoms with van der Waals surface area (Å²) < 4.78 is 5.43. The average Bonchev–Trinajstić information content (AvgIpc) is 2.50. The summed E-state index contributed by atoms with van der Waals surface area (Å²) >= 11 is 0. The molecule has 0 saturated heterocycles. The van der Waals surface area contributed by atoms with E-state index in [1.807, 2.05) is 19.1 Å². The fourth-order valence-electron chi connectivity index (χ4n) is 1.15. The highest BCUT2D eigenvalue weighted by Crippen LogP contribution is 2.18. The van der Waals surface area contributed by atoms with Crippen molar-refractivity contribution in [3.63, 3.8) is 0 Å². The summed E-state index contributed by atoms with van der Waals surface area (Å²) in [5, 5.41) is 18.0. The zero-order chi connectivity index (χ0) is 9.84. The van der Waals surface area contributed by atoms with Crippen LogP contribution in [0.3, 0.4) is 0 Å². The molecular formula is C10H16O3. The van der Waals surface area contributed by atoms with Crippen LogP contribution in [0.15, 0.2) is 16.5 Å². The lowest BCUT2D eigenvalue weighted by atomic mass is 10.1. The highest BCUT2D eigenvalue weighted by molar-refractivity contribution is 5.11. The van der Waals surface area contributed by atoms with Gasteiger partial charge in [-0.05, 0) is 19.1 Å². The van der Waals surface area contributed by atoms with Gasteiger partial charge in [0.15, 0.2) is 0 Å². The van der Waals surface area contributed by atoms with E-state index < -0.39 is 0 Å². The minimum absolute atomic E-state index is 0.0303. The van der Waals surface area contributed by atoms with Gasteiger partial charge >= 0.3 is 0 Å². The maximum Gasteiger partial charge on any atom is 0.109 e. The van der Waals surface area contributed by atoms with Gasteiger partial charge in [-0.25, -0.2) is 0 Å². The predicted molar refractivity (Wildman–Crippen MR) is 49.6 cm³/mol. The molecule has 3 nitrogen and oxygen atoms in total. The molecule has 2 unspecified atom stereocenters. The van der Waals surface area contributed by atoms with Crippen LogP contribution in [0.2, 0.25) is 0 Å². The number of furan rings is 1. The largest absolute Gasteiger partial charge is 0.466 e. The molecule has 74 valence electrons. The van der Waals surface area contributed by atoms with E-state index in [0.717, 1.165) is 11.5 Å². The molecule has 3 heteroatoms. The van der Waals surface area contributed by atoms with Crippen molar-refractivity contribution < 1.29 is 14.6 Å². The van der Waals surface area contributed by atoms with Crippen LogP contribution in [-0.2, 0) is 6.42 Å². The molecule has 0 fully saturated rings. The monoisotopic (exact) mass is 184 g/mol. The topological polar surface area (TPSA) is 53.6 Å². The molecule has 13 heavy (non-hydrogen) atoms. The molecule has 0 amide bonds. The maximum absolute atomic E-state index is 9.10. The number of hydrogen-bond acceptors (Lipinski definition) is 3. The van der Waals surface area contributed by atoms with Gasteiger partial charge in [-0.1, -0.05) is 6.92 Å². The molecule has 0 aliphatic rings. The highest BCUT2D eigenvalue weighted by atomic mass is 16.3. The third kappa shape index (κ3) is 2.86. The molecule has 0 aliphatic carbocycles. The van der Waals surface area contributed by atoms with Crippen LogP contribution in [0, 0.1) is 0 Å². The van der Waals surface area contributed by atoms with E-state index in [4.69, 9.17) is 14.6 Å². The van der Waals surface area contributed by atoms with Gasteiger partial charge in [0.2, 0.25) is 0 Å². The second kappa shape index (κ2) is 4.44. The van der Waals surface area contributed by atoms with Crippen molar-refractivity contribution in [3.05, 3.63) is 23.7 Å². The Morgan fingerprint density at radius 2 is 2.08 bits per heavy atom. The van der Waals surface area contributed by atoms with Crippen molar-refractivity contribution in [1.29, 1.82) is 0 Å². The van der Waals surface area contributed by atoms with Crippen molar-refractivity contribution >= 4 is 0 Å². The van der Waals surface area contributed by atoms with E-state index in [2.05, 4.69) is 0 Å². The van der Waals surface area contributed by atoms with Crippen molar-refractivity contribution in [2.45, 2.75) is 32.3 Å². The molecule has 1 aromatic rings. The van der Waals surface area contributed by atoms with Crippen LogP contribution in [0.25, 0.3) is 0 Å². The molecular weight excluding hydrogens is 168 g/mol. The van der Waals surface area contributed by atoms with E-state index in [9.17, 15) is 0 Å². The number of rotatable bonds is 4. The van der Waals surface area contributed by atoms with E-state index in [1.54, 1.807) is 6.92 Å². The molecule has 1 aromatic heterocycles. The molecule has 2 N–H and O–H groups in total. The zero-order valence-electron chi connectivity index (χ0n) is 8.03. The maximum atomic E-state index is 9.10. The fourth-order valence-corrected chi connectivity index (χ4v) is 1.15. The summed E-state index contributed by atoms with van der Waals surface area (Å²) in [6, 6.07) is 3.69. The first kappa shape index (κ1) is 10.3. The van der Waals surface area contributed by atoms with Crippen LogP contribution in [0.5, 0.6) is 0 Å². The van der Waals surface area contributed by atoms with Gasteiger partial charge < -0.3 is 14.6 Å². The third-order valence-electron chi connectivity index (χ3n) is 1.94. The summed E-state index contributed by atoms with van der Waals surface area (Å²) in [6.45, 7) is 3.70. The Hall–Kier alpha value is -0.800. The fraction of sp³-hybridized carbons (Fsp3) is 0.600. The molecule has 0 radical (unpaired) electrons. The van der Waals surface area contributed by atoms with Crippen molar-refractivity contribution in [2.24, 2.45) is 0 Å². The summed E-state index contributed by atoms with van der Waals surface area (Å²) in [6.07, 6.45) is 0.140. The van der Waals surface area contributed by atoms with E-state index in [1.165, 1.54) is 0 Å². The van der Waals surface area contributed by atoms with Crippen LogP contribution in [0.1, 0.15) is 31.3 Å². The number of aliphatic hydroxyl groups is 2. The van der Waals surface area contributed by atoms with Crippen molar-refractivity contribution in [2.75, 3.05) is 6.61 Å². The molecule has 1 rings (SSSR count). The van der Waals surface area contributed by atoms with E-state index in [0.29, 0.717) is 6.42 Å². The minimum atomic E-state index is -0.386. The van der Waals surface area contributed by atoms with Crippen LogP contribution < -0.4 is 0 Å². The molecule has 2 atom stereocenters. The third-order valence-corrected chi connectivity index (χ3v) is 1.94. The van der Waals surface area contributed by atoms with Gasteiger partial charge in [0.1, 0.15) is 11.5 Å². The minimum Gasteiger partial charge on any atom is -0.466 e. The first-order valence-electron chi connectivity index (χ1n) is 4.51. The molecule has 0 aliphatic heterocycles. The van der Waals surface area contributed by atoms with Gasteiger partial charge in [0.25, 0.3) is 0 Å². The second-order valence-corrected chi connectivity index (χ2v) is 3.44. The Morgan fingerprint density at radius 3 is 2.62 bits per heavy atom. The van der Waals surface area contributed by atoms with E-state index in [-0.39, 0.29) is 18.6 Å². The summed E-state index contributed by atoms with van der Waals surface area (Å²) in [4.78, 5) is 0. The summed E-state index contributed by atoms with van der Waals surface area (Å²) in [5.74, 6) is 1.58.